The highest BCUT2D eigenvalue weighted by atomic mass is 15.1. The van der Waals surface area contributed by atoms with Crippen molar-refractivity contribution in [2.24, 2.45) is 17.1 Å². The zero-order valence-corrected chi connectivity index (χ0v) is 6.48. The Kier molecular flexibility index (Phi) is 1.40. The van der Waals surface area contributed by atoms with Gasteiger partial charge in [-0.1, -0.05) is 0 Å². The van der Waals surface area contributed by atoms with Gasteiger partial charge in [0.25, 0.3) is 0 Å². The quantitative estimate of drug-likeness (QED) is 0.281. The van der Waals surface area contributed by atoms with Gasteiger partial charge in [-0.2, -0.15) is 0 Å². The van der Waals surface area contributed by atoms with Crippen molar-refractivity contribution in [2.75, 3.05) is 26.2 Å². The van der Waals surface area contributed by atoms with Gasteiger partial charge in [-0.25, -0.2) is 0 Å². The van der Waals surface area contributed by atoms with E-state index in [1.165, 1.54) is 0 Å². The van der Waals surface area contributed by atoms with Gasteiger partial charge >= 0.3 is 0 Å². The minimum atomic E-state index is 0.267. The van der Waals surface area contributed by atoms with Crippen molar-refractivity contribution in [3.05, 3.63) is 0 Å². The first-order valence-corrected chi connectivity index (χ1v) is 4.00. The molecule has 2 heterocycles. The Labute approximate surface area is 66.0 Å². The van der Waals surface area contributed by atoms with Gasteiger partial charge in [0.15, 0.2) is 0 Å². The summed E-state index contributed by atoms with van der Waals surface area (Å²) in [6.45, 7) is 3.94. The van der Waals surface area contributed by atoms with E-state index in [0.717, 1.165) is 26.2 Å². The first-order valence-electron chi connectivity index (χ1n) is 4.00. The van der Waals surface area contributed by atoms with E-state index in [2.05, 4.69) is 10.6 Å². The van der Waals surface area contributed by atoms with Crippen molar-refractivity contribution < 1.29 is 0 Å². The SMILES string of the molecule is N=C(N)C1CNCC12CNC2. The van der Waals surface area contributed by atoms with Crippen LogP contribution in [-0.4, -0.2) is 32.0 Å². The van der Waals surface area contributed by atoms with E-state index in [4.69, 9.17) is 11.1 Å². The van der Waals surface area contributed by atoms with E-state index in [0.29, 0.717) is 5.84 Å². The third kappa shape index (κ3) is 0.862. The topological polar surface area (TPSA) is 73.9 Å². The molecule has 1 atom stereocenters. The summed E-state index contributed by atoms with van der Waals surface area (Å²) >= 11 is 0. The summed E-state index contributed by atoms with van der Waals surface area (Å²) in [7, 11) is 0. The van der Waals surface area contributed by atoms with Crippen LogP contribution in [0.3, 0.4) is 0 Å². The molecule has 0 radical (unpaired) electrons. The molecule has 2 rings (SSSR count). The van der Waals surface area contributed by atoms with Crippen molar-refractivity contribution >= 4 is 5.84 Å². The van der Waals surface area contributed by atoms with Gasteiger partial charge in [-0.05, 0) is 0 Å². The molecule has 0 aromatic carbocycles. The van der Waals surface area contributed by atoms with Crippen molar-refractivity contribution in [2.45, 2.75) is 0 Å². The lowest BCUT2D eigenvalue weighted by Crippen LogP contribution is -2.60. The Balaban J connectivity index is 2.13. The Morgan fingerprint density at radius 1 is 1.36 bits per heavy atom. The van der Waals surface area contributed by atoms with Gasteiger partial charge in [0.05, 0.1) is 5.84 Å². The van der Waals surface area contributed by atoms with Crippen molar-refractivity contribution in [3.63, 3.8) is 0 Å². The molecule has 1 unspecified atom stereocenters. The Morgan fingerprint density at radius 3 is 2.36 bits per heavy atom. The predicted molar refractivity (Wildman–Crippen MR) is 43.6 cm³/mol. The van der Waals surface area contributed by atoms with Gasteiger partial charge in [0.2, 0.25) is 0 Å². The minimum Gasteiger partial charge on any atom is -0.387 e. The van der Waals surface area contributed by atoms with Gasteiger partial charge < -0.3 is 16.4 Å². The summed E-state index contributed by atoms with van der Waals surface area (Å²) in [4.78, 5) is 0. The summed E-state index contributed by atoms with van der Waals surface area (Å²) in [6.07, 6.45) is 0. The van der Waals surface area contributed by atoms with Crippen LogP contribution in [0.2, 0.25) is 0 Å². The van der Waals surface area contributed by atoms with Crippen LogP contribution in [0.4, 0.5) is 0 Å². The zero-order chi connectivity index (χ0) is 7.90. The fourth-order valence-corrected chi connectivity index (χ4v) is 2.06. The number of rotatable bonds is 1. The average molecular weight is 154 g/mol. The molecule has 0 aromatic rings. The molecule has 11 heavy (non-hydrogen) atoms. The Hall–Kier alpha value is -0.610. The van der Waals surface area contributed by atoms with Gasteiger partial charge in [0.1, 0.15) is 0 Å². The summed E-state index contributed by atoms with van der Waals surface area (Å²) < 4.78 is 0. The Morgan fingerprint density at radius 2 is 2.00 bits per heavy atom. The summed E-state index contributed by atoms with van der Waals surface area (Å²) in [5.41, 5.74) is 5.78. The molecule has 0 bridgehead atoms. The number of nitrogens with one attached hydrogen (secondary N) is 3. The summed E-state index contributed by atoms with van der Waals surface area (Å²) in [5.74, 6) is 0.611. The second-order valence-corrected chi connectivity index (χ2v) is 3.60. The largest absolute Gasteiger partial charge is 0.387 e. The van der Waals surface area contributed by atoms with Gasteiger partial charge in [-0.15, -0.1) is 0 Å². The standard InChI is InChI=1S/C7H14N4/c8-6(9)5-1-10-2-7(5)3-11-4-7/h5,10-11H,1-4H2,(H3,8,9). The highest BCUT2D eigenvalue weighted by Gasteiger charge is 2.48. The molecule has 4 heteroatoms. The predicted octanol–water partition coefficient (Wildman–Crippen LogP) is -1.27. The smallest absolute Gasteiger partial charge is 0.0956 e. The highest BCUT2D eigenvalue weighted by molar-refractivity contribution is 5.81. The van der Waals surface area contributed by atoms with Crippen LogP contribution in [0.5, 0.6) is 0 Å². The van der Waals surface area contributed by atoms with Crippen LogP contribution in [-0.2, 0) is 0 Å². The maximum absolute atomic E-state index is 7.39. The number of amidine groups is 1. The van der Waals surface area contributed by atoms with E-state index >= 15 is 0 Å². The molecule has 1 spiro atoms. The fourth-order valence-electron chi connectivity index (χ4n) is 2.06. The van der Waals surface area contributed by atoms with Crippen LogP contribution in [0, 0.1) is 16.7 Å². The van der Waals surface area contributed by atoms with E-state index in [-0.39, 0.29) is 11.3 Å². The first kappa shape index (κ1) is 7.06. The van der Waals surface area contributed by atoms with Crippen LogP contribution >= 0.6 is 0 Å². The van der Waals surface area contributed by atoms with Gasteiger partial charge in [0, 0.05) is 37.5 Å². The van der Waals surface area contributed by atoms with E-state index in [1.54, 1.807) is 0 Å². The number of hydrogen-bond acceptors (Lipinski definition) is 3. The third-order valence-corrected chi connectivity index (χ3v) is 2.89. The average Bonchev–Trinajstić information content (AvgIpc) is 2.27. The van der Waals surface area contributed by atoms with Crippen molar-refractivity contribution in [3.8, 4) is 0 Å². The van der Waals surface area contributed by atoms with E-state index < -0.39 is 0 Å². The first-order chi connectivity index (χ1) is 5.25. The molecule has 62 valence electrons. The van der Waals surface area contributed by atoms with E-state index in [1.807, 2.05) is 0 Å². The molecule has 2 aliphatic rings. The maximum atomic E-state index is 7.39. The second-order valence-electron chi connectivity index (χ2n) is 3.60. The molecule has 4 nitrogen and oxygen atoms in total. The lowest BCUT2D eigenvalue weighted by molar-refractivity contribution is 0.164. The lowest BCUT2D eigenvalue weighted by Gasteiger charge is -2.42. The van der Waals surface area contributed by atoms with Crippen LogP contribution in [0.1, 0.15) is 0 Å². The van der Waals surface area contributed by atoms with Crippen molar-refractivity contribution in [1.29, 1.82) is 5.41 Å². The molecule has 2 fully saturated rings. The van der Waals surface area contributed by atoms with Crippen LogP contribution in [0.25, 0.3) is 0 Å². The van der Waals surface area contributed by atoms with Gasteiger partial charge in [-0.3, -0.25) is 5.41 Å². The normalized spacial score (nSPS) is 33.6. The number of hydrogen-bond donors (Lipinski definition) is 4. The molecule has 0 amide bonds. The van der Waals surface area contributed by atoms with E-state index in [9.17, 15) is 0 Å². The molecule has 0 saturated carbocycles. The summed E-state index contributed by atoms with van der Waals surface area (Å²) in [6, 6.07) is 0. The molecule has 5 N–H and O–H groups in total. The number of nitrogens with two attached hydrogens (primary N) is 1. The van der Waals surface area contributed by atoms with Crippen LogP contribution in [0.15, 0.2) is 0 Å². The second kappa shape index (κ2) is 2.19. The third-order valence-electron chi connectivity index (χ3n) is 2.89. The molecular weight excluding hydrogens is 140 g/mol. The molecule has 0 aromatic heterocycles. The maximum Gasteiger partial charge on any atom is 0.0956 e. The van der Waals surface area contributed by atoms with Crippen LogP contribution < -0.4 is 16.4 Å². The minimum absolute atomic E-state index is 0.267. The van der Waals surface area contributed by atoms with Crippen molar-refractivity contribution in [1.82, 2.24) is 10.6 Å². The fraction of sp³-hybridized carbons (Fsp3) is 0.857. The Bertz CT molecular complexity index is 185. The monoisotopic (exact) mass is 154 g/mol. The molecule has 2 saturated heterocycles. The molecule has 2 aliphatic heterocycles. The highest BCUT2D eigenvalue weighted by Crippen LogP contribution is 2.34. The zero-order valence-electron chi connectivity index (χ0n) is 6.48. The molecule has 0 aliphatic carbocycles. The molecular formula is C7H14N4. The summed E-state index contributed by atoms with van der Waals surface area (Å²) in [5, 5.41) is 13.9. The lowest BCUT2D eigenvalue weighted by atomic mass is 9.72.